The Morgan fingerprint density at radius 1 is 1.52 bits per heavy atom. The van der Waals surface area contributed by atoms with Crippen LogP contribution in [-0.4, -0.2) is 45.5 Å². The first-order chi connectivity index (χ1) is 11.1. The summed E-state index contributed by atoms with van der Waals surface area (Å²) in [5, 5.41) is 3.15. The van der Waals surface area contributed by atoms with E-state index in [9.17, 15) is 4.79 Å². The van der Waals surface area contributed by atoms with Crippen LogP contribution in [0.2, 0.25) is 5.02 Å². The van der Waals surface area contributed by atoms with Gasteiger partial charge in [-0.15, -0.1) is 0 Å². The highest BCUT2D eigenvalue weighted by Gasteiger charge is 2.16. The van der Waals surface area contributed by atoms with E-state index in [1.165, 1.54) is 13.2 Å². The van der Waals surface area contributed by atoms with Gasteiger partial charge in [0.15, 0.2) is 0 Å². The summed E-state index contributed by atoms with van der Waals surface area (Å²) in [5.74, 6) is 0.155. The van der Waals surface area contributed by atoms with E-state index in [1.54, 1.807) is 6.07 Å². The second-order valence-electron chi connectivity index (χ2n) is 5.39. The lowest BCUT2D eigenvalue weighted by molar-refractivity contribution is 0.0166. The van der Waals surface area contributed by atoms with Gasteiger partial charge in [-0.3, -0.25) is 4.79 Å². The first kappa shape index (κ1) is 17.8. The predicted molar refractivity (Wildman–Crippen MR) is 89.2 cm³/mol. The van der Waals surface area contributed by atoms with Crippen LogP contribution in [0.15, 0.2) is 12.1 Å². The molecule has 0 spiro atoms. The van der Waals surface area contributed by atoms with Crippen molar-refractivity contribution in [3.05, 3.63) is 22.7 Å². The van der Waals surface area contributed by atoms with Crippen LogP contribution in [0.25, 0.3) is 0 Å². The van der Waals surface area contributed by atoms with E-state index in [0.29, 0.717) is 41.8 Å². The molecular formula is C16H23ClN2O4. The van der Waals surface area contributed by atoms with Crippen LogP contribution in [0.4, 0.5) is 5.69 Å². The molecule has 1 heterocycles. The molecule has 6 nitrogen and oxygen atoms in total. The molecular weight excluding hydrogens is 320 g/mol. The second kappa shape index (κ2) is 8.96. The first-order valence-corrected chi connectivity index (χ1v) is 8.10. The number of methoxy groups -OCH3 is 1. The molecule has 0 saturated carbocycles. The van der Waals surface area contributed by atoms with Gasteiger partial charge in [0, 0.05) is 25.8 Å². The number of nitrogens with two attached hydrogens (primary N) is 1. The highest BCUT2D eigenvalue weighted by Crippen LogP contribution is 2.28. The Morgan fingerprint density at radius 3 is 3.04 bits per heavy atom. The maximum Gasteiger partial charge on any atom is 0.255 e. The van der Waals surface area contributed by atoms with Gasteiger partial charge in [-0.1, -0.05) is 11.6 Å². The molecule has 0 bridgehead atoms. The largest absolute Gasteiger partial charge is 0.496 e. The molecule has 23 heavy (non-hydrogen) atoms. The van der Waals surface area contributed by atoms with Gasteiger partial charge in [0.05, 0.1) is 36.1 Å². The van der Waals surface area contributed by atoms with Crippen molar-refractivity contribution >= 4 is 23.2 Å². The molecule has 7 heteroatoms. The van der Waals surface area contributed by atoms with Crippen molar-refractivity contribution < 1.29 is 19.0 Å². The van der Waals surface area contributed by atoms with Crippen LogP contribution in [0.3, 0.4) is 0 Å². The highest BCUT2D eigenvalue weighted by atomic mass is 35.5. The quantitative estimate of drug-likeness (QED) is 0.559. The number of anilines is 1. The number of nitrogen functional groups attached to an aromatic ring is 1. The van der Waals surface area contributed by atoms with Crippen molar-refractivity contribution in [3.8, 4) is 5.75 Å². The van der Waals surface area contributed by atoms with Crippen molar-refractivity contribution in [2.24, 2.45) is 0 Å². The molecule has 1 unspecified atom stereocenters. The van der Waals surface area contributed by atoms with Crippen molar-refractivity contribution in [2.45, 2.75) is 25.4 Å². The van der Waals surface area contributed by atoms with Crippen molar-refractivity contribution in [2.75, 3.05) is 39.2 Å². The third-order valence-corrected chi connectivity index (χ3v) is 3.97. The van der Waals surface area contributed by atoms with E-state index < -0.39 is 0 Å². The maximum absolute atomic E-state index is 12.2. The third kappa shape index (κ3) is 5.27. The van der Waals surface area contributed by atoms with E-state index in [1.807, 2.05) is 0 Å². The molecule has 1 amide bonds. The summed E-state index contributed by atoms with van der Waals surface area (Å²) in [6, 6.07) is 3.06. The van der Waals surface area contributed by atoms with Crippen LogP contribution in [-0.2, 0) is 9.47 Å². The maximum atomic E-state index is 12.2. The fourth-order valence-electron chi connectivity index (χ4n) is 2.38. The van der Waals surface area contributed by atoms with Gasteiger partial charge < -0.3 is 25.3 Å². The second-order valence-corrected chi connectivity index (χ2v) is 5.80. The number of amides is 1. The molecule has 1 aliphatic heterocycles. The molecule has 0 aromatic heterocycles. The summed E-state index contributed by atoms with van der Waals surface area (Å²) in [6.07, 6.45) is 3.12. The number of ether oxygens (including phenoxy) is 3. The van der Waals surface area contributed by atoms with Gasteiger partial charge >= 0.3 is 0 Å². The number of benzene rings is 1. The fourth-order valence-corrected chi connectivity index (χ4v) is 2.54. The molecule has 1 aliphatic rings. The minimum absolute atomic E-state index is 0.228. The average molecular weight is 343 g/mol. The SMILES string of the molecule is COc1cc(N)c(Cl)cc1C(=O)NCCCOCC1CCCO1. The summed E-state index contributed by atoms with van der Waals surface area (Å²) < 4.78 is 16.2. The third-order valence-electron chi connectivity index (χ3n) is 3.64. The van der Waals surface area contributed by atoms with Gasteiger partial charge in [-0.05, 0) is 25.3 Å². The van der Waals surface area contributed by atoms with E-state index in [-0.39, 0.29) is 12.0 Å². The monoisotopic (exact) mass is 342 g/mol. The van der Waals surface area contributed by atoms with E-state index in [2.05, 4.69) is 5.32 Å². The zero-order valence-electron chi connectivity index (χ0n) is 13.3. The molecule has 1 saturated heterocycles. The molecule has 1 atom stereocenters. The van der Waals surface area contributed by atoms with Crippen molar-refractivity contribution in [1.29, 1.82) is 0 Å². The summed E-state index contributed by atoms with van der Waals surface area (Å²) in [6.45, 7) is 2.54. The molecule has 2 rings (SSSR count). The minimum Gasteiger partial charge on any atom is -0.496 e. The Balaban J connectivity index is 1.71. The average Bonchev–Trinajstić information content (AvgIpc) is 3.06. The fraction of sp³-hybridized carbons (Fsp3) is 0.562. The molecule has 1 fully saturated rings. The first-order valence-electron chi connectivity index (χ1n) is 7.72. The molecule has 0 aliphatic carbocycles. The Labute approximate surface area is 141 Å². The molecule has 0 radical (unpaired) electrons. The number of halogens is 1. The number of rotatable bonds is 8. The zero-order valence-corrected chi connectivity index (χ0v) is 14.0. The van der Waals surface area contributed by atoms with E-state index >= 15 is 0 Å². The highest BCUT2D eigenvalue weighted by molar-refractivity contribution is 6.33. The Bertz CT molecular complexity index is 533. The topological polar surface area (TPSA) is 82.8 Å². The number of hydrogen-bond donors (Lipinski definition) is 2. The summed E-state index contributed by atoms with van der Waals surface area (Å²) in [5.41, 5.74) is 6.45. The summed E-state index contributed by atoms with van der Waals surface area (Å²) in [7, 11) is 1.48. The van der Waals surface area contributed by atoms with Crippen LogP contribution < -0.4 is 15.8 Å². The Kier molecular flexibility index (Phi) is 6.95. The minimum atomic E-state index is -0.247. The van der Waals surface area contributed by atoms with Gasteiger partial charge in [0.25, 0.3) is 5.91 Å². The summed E-state index contributed by atoms with van der Waals surface area (Å²) >= 11 is 5.96. The molecule has 1 aromatic carbocycles. The van der Waals surface area contributed by atoms with Crippen molar-refractivity contribution in [3.63, 3.8) is 0 Å². The van der Waals surface area contributed by atoms with E-state index in [4.69, 9.17) is 31.5 Å². The lowest BCUT2D eigenvalue weighted by Crippen LogP contribution is -2.26. The number of hydrogen-bond acceptors (Lipinski definition) is 5. The lowest BCUT2D eigenvalue weighted by atomic mass is 10.1. The standard InChI is InChI=1S/C16H23ClN2O4/c1-21-15-9-14(18)13(17)8-12(15)16(20)19-5-3-6-22-10-11-4-2-7-23-11/h8-9,11H,2-7,10,18H2,1H3,(H,19,20). The van der Waals surface area contributed by atoms with Gasteiger partial charge in [0.2, 0.25) is 0 Å². The van der Waals surface area contributed by atoms with Gasteiger partial charge in [0.1, 0.15) is 5.75 Å². The van der Waals surface area contributed by atoms with Crippen LogP contribution in [0.5, 0.6) is 5.75 Å². The zero-order chi connectivity index (χ0) is 16.7. The number of carbonyl (C=O) groups is 1. The van der Waals surface area contributed by atoms with Crippen molar-refractivity contribution in [1.82, 2.24) is 5.32 Å². The van der Waals surface area contributed by atoms with Crippen LogP contribution in [0.1, 0.15) is 29.6 Å². The molecule has 3 N–H and O–H groups in total. The summed E-state index contributed by atoms with van der Waals surface area (Å²) in [4.78, 5) is 12.2. The normalized spacial score (nSPS) is 17.2. The molecule has 128 valence electrons. The van der Waals surface area contributed by atoms with Crippen LogP contribution in [0, 0.1) is 0 Å². The predicted octanol–water partition coefficient (Wildman–Crippen LogP) is 2.25. The Hall–Kier alpha value is -1.50. The molecule has 1 aromatic rings. The number of carbonyl (C=O) groups excluding carboxylic acids is 1. The smallest absolute Gasteiger partial charge is 0.255 e. The van der Waals surface area contributed by atoms with E-state index in [0.717, 1.165) is 25.9 Å². The van der Waals surface area contributed by atoms with Gasteiger partial charge in [-0.2, -0.15) is 0 Å². The lowest BCUT2D eigenvalue weighted by Gasteiger charge is -2.12. The number of nitrogens with one attached hydrogen (secondary N) is 1. The van der Waals surface area contributed by atoms with Crippen LogP contribution >= 0.6 is 11.6 Å². The Morgan fingerprint density at radius 2 is 2.35 bits per heavy atom. The van der Waals surface area contributed by atoms with Gasteiger partial charge in [-0.25, -0.2) is 0 Å².